The Balaban J connectivity index is 1.75. The lowest BCUT2D eigenvalue weighted by atomic mass is 10.2. The molecule has 1 saturated carbocycles. The molecule has 0 amide bonds. The van der Waals surface area contributed by atoms with Crippen LogP contribution in [0.5, 0.6) is 5.75 Å². The highest BCUT2D eigenvalue weighted by molar-refractivity contribution is 7.13. The van der Waals surface area contributed by atoms with Crippen molar-refractivity contribution in [1.29, 1.82) is 0 Å². The van der Waals surface area contributed by atoms with Gasteiger partial charge >= 0.3 is 0 Å². The molecule has 98 valence electrons. The lowest BCUT2D eigenvalue weighted by Crippen LogP contribution is -1.96. The third kappa shape index (κ3) is 3.12. The standard InChI is InChI=1S/C14H13FN2OS/c15-13-7-12(18-11-5-6-11)4-2-9(13)1-3-10-8-19-14(16)17-10/h1-4,7-8,11H,5-6H2,(H2,16,17). The number of nitrogens with zero attached hydrogens (tertiary/aromatic N) is 1. The summed E-state index contributed by atoms with van der Waals surface area (Å²) in [5.74, 6) is 0.299. The van der Waals surface area contributed by atoms with Crippen LogP contribution in [0, 0.1) is 5.82 Å². The molecule has 0 bridgehead atoms. The Morgan fingerprint density at radius 3 is 2.84 bits per heavy atom. The van der Waals surface area contributed by atoms with Crippen LogP contribution in [-0.4, -0.2) is 11.1 Å². The van der Waals surface area contributed by atoms with Crippen molar-refractivity contribution in [3.63, 3.8) is 0 Å². The van der Waals surface area contributed by atoms with E-state index < -0.39 is 0 Å². The molecule has 19 heavy (non-hydrogen) atoms. The third-order valence-electron chi connectivity index (χ3n) is 2.77. The summed E-state index contributed by atoms with van der Waals surface area (Å²) in [5.41, 5.74) is 6.78. The number of ether oxygens (including phenoxy) is 1. The average molecular weight is 276 g/mol. The minimum atomic E-state index is -0.294. The first-order chi connectivity index (χ1) is 9.20. The van der Waals surface area contributed by atoms with Crippen molar-refractivity contribution in [3.05, 3.63) is 40.7 Å². The van der Waals surface area contributed by atoms with Gasteiger partial charge in [0.15, 0.2) is 5.13 Å². The Morgan fingerprint density at radius 1 is 1.37 bits per heavy atom. The van der Waals surface area contributed by atoms with Crippen molar-refractivity contribution in [2.75, 3.05) is 5.73 Å². The molecule has 1 aliphatic carbocycles. The molecule has 1 heterocycles. The van der Waals surface area contributed by atoms with Gasteiger partial charge in [0.25, 0.3) is 0 Å². The first-order valence-electron chi connectivity index (χ1n) is 6.06. The number of nitrogen functional groups attached to an aromatic ring is 1. The molecule has 0 spiro atoms. The first kappa shape index (κ1) is 12.2. The molecular formula is C14H13FN2OS. The fourth-order valence-corrected chi connectivity index (χ4v) is 2.18. The van der Waals surface area contributed by atoms with E-state index in [-0.39, 0.29) is 11.9 Å². The first-order valence-corrected chi connectivity index (χ1v) is 6.94. The Labute approximate surface area is 114 Å². The molecule has 0 atom stereocenters. The normalized spacial score (nSPS) is 15.0. The summed E-state index contributed by atoms with van der Waals surface area (Å²) < 4.78 is 19.4. The number of nitrogens with two attached hydrogens (primary N) is 1. The summed E-state index contributed by atoms with van der Waals surface area (Å²) in [5, 5.41) is 2.34. The number of thiazole rings is 1. The quantitative estimate of drug-likeness (QED) is 0.928. The van der Waals surface area contributed by atoms with E-state index in [1.165, 1.54) is 17.4 Å². The smallest absolute Gasteiger partial charge is 0.180 e. The van der Waals surface area contributed by atoms with Crippen LogP contribution in [-0.2, 0) is 0 Å². The van der Waals surface area contributed by atoms with E-state index in [0.29, 0.717) is 16.4 Å². The summed E-state index contributed by atoms with van der Waals surface area (Å²) in [6.07, 6.45) is 5.83. The molecular weight excluding hydrogens is 263 g/mol. The van der Waals surface area contributed by atoms with Gasteiger partial charge in [-0.2, -0.15) is 0 Å². The van der Waals surface area contributed by atoms with Crippen molar-refractivity contribution in [3.8, 4) is 5.75 Å². The van der Waals surface area contributed by atoms with Crippen LogP contribution < -0.4 is 10.5 Å². The van der Waals surface area contributed by atoms with Gasteiger partial charge in [0, 0.05) is 17.0 Å². The van der Waals surface area contributed by atoms with Crippen molar-refractivity contribution >= 4 is 28.6 Å². The van der Waals surface area contributed by atoms with Gasteiger partial charge in [-0.25, -0.2) is 9.37 Å². The van der Waals surface area contributed by atoms with Gasteiger partial charge in [-0.3, -0.25) is 0 Å². The SMILES string of the molecule is Nc1nc(C=Cc2ccc(OC3CC3)cc2F)cs1. The molecule has 1 aromatic carbocycles. The van der Waals surface area contributed by atoms with E-state index in [1.807, 2.05) is 5.38 Å². The number of halogens is 1. The Kier molecular flexibility index (Phi) is 3.21. The summed E-state index contributed by atoms with van der Waals surface area (Å²) in [6, 6.07) is 4.92. The maximum absolute atomic E-state index is 13.9. The minimum Gasteiger partial charge on any atom is -0.490 e. The topological polar surface area (TPSA) is 48.1 Å². The van der Waals surface area contributed by atoms with Crippen molar-refractivity contribution in [2.24, 2.45) is 0 Å². The van der Waals surface area contributed by atoms with E-state index in [9.17, 15) is 4.39 Å². The van der Waals surface area contributed by atoms with Crippen LogP contribution in [0.3, 0.4) is 0 Å². The van der Waals surface area contributed by atoms with Gasteiger partial charge in [0.1, 0.15) is 11.6 Å². The maximum Gasteiger partial charge on any atom is 0.180 e. The lowest BCUT2D eigenvalue weighted by Gasteiger charge is -2.05. The average Bonchev–Trinajstić information content (AvgIpc) is 3.09. The lowest BCUT2D eigenvalue weighted by molar-refractivity contribution is 0.301. The second-order valence-corrected chi connectivity index (χ2v) is 5.33. The molecule has 0 unspecified atom stereocenters. The number of hydrogen-bond acceptors (Lipinski definition) is 4. The van der Waals surface area contributed by atoms with Crippen molar-refractivity contribution in [1.82, 2.24) is 4.98 Å². The molecule has 3 nitrogen and oxygen atoms in total. The highest BCUT2D eigenvalue weighted by Gasteiger charge is 2.23. The number of rotatable bonds is 4. The number of benzene rings is 1. The molecule has 1 aromatic heterocycles. The summed E-state index contributed by atoms with van der Waals surface area (Å²) in [4.78, 5) is 4.08. The molecule has 1 fully saturated rings. The molecule has 0 aliphatic heterocycles. The van der Waals surface area contributed by atoms with E-state index >= 15 is 0 Å². The zero-order chi connectivity index (χ0) is 13.2. The second-order valence-electron chi connectivity index (χ2n) is 4.44. The molecule has 3 rings (SSSR count). The zero-order valence-corrected chi connectivity index (χ0v) is 11.0. The van der Waals surface area contributed by atoms with Crippen molar-refractivity contribution < 1.29 is 9.13 Å². The minimum absolute atomic E-state index is 0.277. The van der Waals surface area contributed by atoms with Crippen LogP contribution in [0.15, 0.2) is 23.6 Å². The van der Waals surface area contributed by atoms with Crippen LogP contribution >= 0.6 is 11.3 Å². The van der Waals surface area contributed by atoms with E-state index in [1.54, 1.807) is 24.3 Å². The van der Waals surface area contributed by atoms with Crippen molar-refractivity contribution in [2.45, 2.75) is 18.9 Å². The zero-order valence-electron chi connectivity index (χ0n) is 10.2. The van der Waals surface area contributed by atoms with Gasteiger partial charge in [0.2, 0.25) is 0 Å². The van der Waals surface area contributed by atoms with Crippen LogP contribution in [0.1, 0.15) is 24.1 Å². The number of hydrogen-bond donors (Lipinski definition) is 1. The molecule has 0 saturated heterocycles. The van der Waals surface area contributed by atoms with Crippen LogP contribution in [0.25, 0.3) is 12.2 Å². The largest absolute Gasteiger partial charge is 0.490 e. The van der Waals surface area contributed by atoms with E-state index in [4.69, 9.17) is 10.5 Å². The second kappa shape index (κ2) is 5.01. The van der Waals surface area contributed by atoms with Crippen LogP contribution in [0.4, 0.5) is 9.52 Å². The molecule has 1 aliphatic rings. The van der Waals surface area contributed by atoms with Crippen LogP contribution in [0.2, 0.25) is 0 Å². The Hall–Kier alpha value is -1.88. The summed E-state index contributed by atoms with van der Waals surface area (Å²) in [7, 11) is 0. The van der Waals surface area contributed by atoms with Gasteiger partial charge in [-0.1, -0.05) is 0 Å². The Morgan fingerprint density at radius 2 is 2.21 bits per heavy atom. The van der Waals surface area contributed by atoms with E-state index in [2.05, 4.69) is 4.98 Å². The monoisotopic (exact) mass is 276 g/mol. The van der Waals surface area contributed by atoms with Gasteiger partial charge in [0.05, 0.1) is 11.8 Å². The van der Waals surface area contributed by atoms with Gasteiger partial charge in [-0.05, 0) is 37.1 Å². The fraction of sp³-hybridized carbons (Fsp3) is 0.214. The van der Waals surface area contributed by atoms with Gasteiger partial charge in [-0.15, -0.1) is 11.3 Å². The third-order valence-corrected chi connectivity index (χ3v) is 3.46. The van der Waals surface area contributed by atoms with Gasteiger partial charge < -0.3 is 10.5 Å². The predicted molar refractivity (Wildman–Crippen MR) is 75.5 cm³/mol. The fourth-order valence-electron chi connectivity index (χ4n) is 1.65. The molecule has 2 aromatic rings. The maximum atomic E-state index is 13.9. The highest BCUT2D eigenvalue weighted by atomic mass is 32.1. The summed E-state index contributed by atoms with van der Waals surface area (Å²) >= 11 is 1.36. The molecule has 2 N–H and O–H groups in total. The number of aromatic nitrogens is 1. The predicted octanol–water partition coefficient (Wildman–Crippen LogP) is 3.58. The summed E-state index contributed by atoms with van der Waals surface area (Å²) in [6.45, 7) is 0. The molecule has 5 heteroatoms. The highest BCUT2D eigenvalue weighted by Crippen LogP contribution is 2.28. The molecule has 0 radical (unpaired) electrons. The Bertz CT molecular complexity index is 620. The number of anilines is 1. The van der Waals surface area contributed by atoms with E-state index in [0.717, 1.165) is 18.5 Å².